The van der Waals surface area contributed by atoms with Crippen LogP contribution in [0.25, 0.3) is 11.1 Å². The first kappa shape index (κ1) is 17.7. The van der Waals surface area contributed by atoms with Crippen molar-refractivity contribution >= 4 is 11.6 Å². The zero-order valence-electron chi connectivity index (χ0n) is 13.9. The number of nitrogens with zero attached hydrogens (tertiary/aromatic N) is 2. The number of hydrogen-bond donors (Lipinski definition) is 1. The van der Waals surface area contributed by atoms with Gasteiger partial charge in [-0.25, -0.2) is 13.2 Å². The second-order valence-electron chi connectivity index (χ2n) is 5.76. The molecule has 4 nitrogen and oxygen atoms in total. The van der Waals surface area contributed by atoms with E-state index in [1.807, 2.05) is 0 Å². The predicted octanol–water partition coefficient (Wildman–Crippen LogP) is 4.35. The maximum absolute atomic E-state index is 14.1. The summed E-state index contributed by atoms with van der Waals surface area (Å²) in [4.78, 5) is 12.3. The molecule has 1 heterocycles. The second kappa shape index (κ2) is 7.43. The number of nitrogens with one attached hydrogen (secondary N) is 1. The largest absolute Gasteiger partial charge is 0.325 e. The number of carbonyl (C=O) groups is 1. The van der Waals surface area contributed by atoms with Gasteiger partial charge in [0, 0.05) is 35.6 Å². The van der Waals surface area contributed by atoms with Crippen molar-refractivity contribution in [2.45, 2.75) is 12.8 Å². The molecule has 0 unspecified atom stereocenters. The number of hydrogen-bond acceptors (Lipinski definition) is 2. The zero-order chi connectivity index (χ0) is 18.7. The highest BCUT2D eigenvalue weighted by molar-refractivity contribution is 5.96. The molecule has 26 heavy (non-hydrogen) atoms. The average Bonchev–Trinajstić information content (AvgIpc) is 2.96. The van der Waals surface area contributed by atoms with Crippen LogP contribution in [-0.4, -0.2) is 15.7 Å². The summed E-state index contributed by atoms with van der Waals surface area (Å²) in [6, 6.07) is 13.0. The number of amides is 1. The smallest absolute Gasteiger partial charge is 0.282 e. The second-order valence-corrected chi connectivity index (χ2v) is 5.76. The minimum atomic E-state index is -2.76. The molecule has 7 heteroatoms. The molecule has 0 aliphatic heterocycles. The number of alkyl halides is 2. The molecule has 134 valence electrons. The summed E-state index contributed by atoms with van der Waals surface area (Å²) >= 11 is 0. The van der Waals surface area contributed by atoms with E-state index in [2.05, 4.69) is 10.4 Å². The summed E-state index contributed by atoms with van der Waals surface area (Å²) in [5, 5.41) is 6.36. The molecule has 3 aromatic rings. The lowest BCUT2D eigenvalue weighted by Gasteiger charge is -2.12. The van der Waals surface area contributed by atoms with Gasteiger partial charge in [-0.2, -0.15) is 5.10 Å². The van der Waals surface area contributed by atoms with Gasteiger partial charge in [-0.1, -0.05) is 36.4 Å². The standard InChI is InChI=1S/C19H16F3N3O/c1-25-11-12(18(24-25)19(21)22)10-17(26)23-16-9-5-3-7-14(16)13-6-2-4-8-15(13)20/h2-9,11,19H,10H2,1H3,(H,23,26). The number of benzene rings is 2. The predicted molar refractivity (Wildman–Crippen MR) is 92.3 cm³/mol. The van der Waals surface area contributed by atoms with Gasteiger partial charge in [0.2, 0.25) is 5.91 Å². The SMILES string of the molecule is Cn1cc(CC(=O)Nc2ccccc2-c2ccccc2F)c(C(F)F)n1. The van der Waals surface area contributed by atoms with E-state index in [4.69, 9.17) is 0 Å². The van der Waals surface area contributed by atoms with E-state index in [0.29, 0.717) is 16.8 Å². The van der Waals surface area contributed by atoms with Crippen LogP contribution in [0.4, 0.5) is 18.9 Å². The highest BCUT2D eigenvalue weighted by Gasteiger charge is 2.20. The summed E-state index contributed by atoms with van der Waals surface area (Å²) in [6.45, 7) is 0. The number of rotatable bonds is 5. The summed E-state index contributed by atoms with van der Waals surface area (Å²) < 4.78 is 41.3. The van der Waals surface area contributed by atoms with Gasteiger partial charge < -0.3 is 5.32 Å². The van der Waals surface area contributed by atoms with Gasteiger partial charge >= 0.3 is 0 Å². The van der Waals surface area contributed by atoms with E-state index < -0.39 is 23.8 Å². The number of aryl methyl sites for hydroxylation is 1. The molecule has 1 N–H and O–H groups in total. The van der Waals surface area contributed by atoms with E-state index in [1.54, 1.807) is 42.5 Å². The minimum absolute atomic E-state index is 0.156. The van der Waals surface area contributed by atoms with Crippen LogP contribution in [0.2, 0.25) is 0 Å². The Kier molecular flexibility index (Phi) is 5.06. The molecule has 0 fully saturated rings. The third-order valence-corrected chi connectivity index (χ3v) is 3.86. The average molecular weight is 359 g/mol. The summed E-state index contributed by atoms with van der Waals surface area (Å²) in [7, 11) is 1.51. The van der Waals surface area contributed by atoms with E-state index >= 15 is 0 Å². The van der Waals surface area contributed by atoms with Crippen LogP contribution in [0.3, 0.4) is 0 Å². The number of halogens is 3. The summed E-state index contributed by atoms with van der Waals surface area (Å²) in [6.07, 6.45) is -1.62. The number of para-hydroxylation sites is 1. The Bertz CT molecular complexity index is 937. The lowest BCUT2D eigenvalue weighted by atomic mass is 10.0. The van der Waals surface area contributed by atoms with Gasteiger partial charge in [-0.15, -0.1) is 0 Å². The molecule has 0 saturated carbocycles. The minimum Gasteiger partial charge on any atom is -0.325 e. The van der Waals surface area contributed by atoms with Gasteiger partial charge in [0.1, 0.15) is 11.5 Å². The monoisotopic (exact) mass is 359 g/mol. The molecule has 2 aromatic carbocycles. The Hall–Kier alpha value is -3.09. The lowest BCUT2D eigenvalue weighted by Crippen LogP contribution is -2.15. The molecule has 0 aliphatic rings. The van der Waals surface area contributed by atoms with E-state index in [-0.39, 0.29) is 12.0 Å². The Morgan fingerprint density at radius 1 is 1.12 bits per heavy atom. The van der Waals surface area contributed by atoms with Crippen molar-refractivity contribution in [1.82, 2.24) is 9.78 Å². The van der Waals surface area contributed by atoms with Gasteiger partial charge in [0.25, 0.3) is 6.43 Å². The van der Waals surface area contributed by atoms with Gasteiger partial charge in [0.05, 0.1) is 6.42 Å². The zero-order valence-corrected chi connectivity index (χ0v) is 13.9. The van der Waals surface area contributed by atoms with Crippen molar-refractivity contribution in [3.63, 3.8) is 0 Å². The van der Waals surface area contributed by atoms with Crippen molar-refractivity contribution in [3.05, 3.63) is 71.8 Å². The van der Waals surface area contributed by atoms with Crippen molar-refractivity contribution in [2.75, 3.05) is 5.32 Å². The first-order valence-electron chi connectivity index (χ1n) is 7.90. The van der Waals surface area contributed by atoms with Crippen molar-refractivity contribution < 1.29 is 18.0 Å². The highest BCUT2D eigenvalue weighted by atomic mass is 19.3. The molecule has 3 rings (SSSR count). The van der Waals surface area contributed by atoms with Crippen molar-refractivity contribution in [1.29, 1.82) is 0 Å². The molecule has 1 amide bonds. The van der Waals surface area contributed by atoms with Crippen LogP contribution in [0.5, 0.6) is 0 Å². The fourth-order valence-corrected chi connectivity index (χ4v) is 2.75. The summed E-state index contributed by atoms with van der Waals surface area (Å²) in [5.41, 5.74) is 1.01. The van der Waals surface area contributed by atoms with Crippen LogP contribution < -0.4 is 5.32 Å². The Morgan fingerprint density at radius 3 is 2.46 bits per heavy atom. The van der Waals surface area contributed by atoms with Crippen LogP contribution in [0.15, 0.2) is 54.7 Å². The van der Waals surface area contributed by atoms with Crippen LogP contribution in [0, 0.1) is 5.82 Å². The third kappa shape index (κ3) is 3.77. The fourth-order valence-electron chi connectivity index (χ4n) is 2.75. The maximum Gasteiger partial charge on any atom is 0.282 e. The van der Waals surface area contributed by atoms with Gasteiger partial charge in [-0.05, 0) is 12.1 Å². The van der Waals surface area contributed by atoms with Crippen LogP contribution in [-0.2, 0) is 18.3 Å². The molecule has 0 bridgehead atoms. The molecular formula is C19H16F3N3O. The first-order chi connectivity index (χ1) is 12.5. The molecule has 0 atom stereocenters. The Morgan fingerprint density at radius 2 is 1.77 bits per heavy atom. The number of aromatic nitrogens is 2. The van der Waals surface area contributed by atoms with Gasteiger partial charge in [0.15, 0.2) is 0 Å². The lowest BCUT2D eigenvalue weighted by molar-refractivity contribution is -0.115. The molecule has 1 aromatic heterocycles. The molecule has 0 spiro atoms. The van der Waals surface area contributed by atoms with E-state index in [9.17, 15) is 18.0 Å². The van der Waals surface area contributed by atoms with Crippen molar-refractivity contribution in [3.8, 4) is 11.1 Å². The number of carbonyl (C=O) groups excluding carboxylic acids is 1. The van der Waals surface area contributed by atoms with Gasteiger partial charge in [-0.3, -0.25) is 9.48 Å². The maximum atomic E-state index is 14.1. The molecule has 0 saturated heterocycles. The molecular weight excluding hydrogens is 343 g/mol. The van der Waals surface area contributed by atoms with Crippen LogP contribution in [0.1, 0.15) is 17.7 Å². The quantitative estimate of drug-likeness (QED) is 0.736. The highest BCUT2D eigenvalue weighted by Crippen LogP contribution is 2.30. The van der Waals surface area contributed by atoms with Crippen molar-refractivity contribution in [2.24, 2.45) is 7.05 Å². The molecule has 0 radical (unpaired) electrons. The molecule has 0 aliphatic carbocycles. The normalized spacial score (nSPS) is 11.0. The van der Waals surface area contributed by atoms with E-state index in [0.717, 1.165) is 0 Å². The Balaban J connectivity index is 1.84. The first-order valence-corrected chi connectivity index (χ1v) is 7.90. The number of anilines is 1. The Labute approximate surface area is 148 Å². The third-order valence-electron chi connectivity index (χ3n) is 3.86. The fraction of sp³-hybridized carbons (Fsp3) is 0.158. The summed E-state index contributed by atoms with van der Waals surface area (Å²) in [5.74, 6) is -0.898. The van der Waals surface area contributed by atoms with E-state index in [1.165, 1.54) is 24.0 Å². The topological polar surface area (TPSA) is 46.9 Å². The van der Waals surface area contributed by atoms with Crippen LogP contribution >= 0.6 is 0 Å².